The van der Waals surface area contributed by atoms with E-state index in [1.54, 1.807) is 6.92 Å². The number of hydrogen-bond donors (Lipinski definition) is 1. The van der Waals surface area contributed by atoms with E-state index in [1.807, 2.05) is 4.72 Å². The molecule has 0 aromatic heterocycles. The molecule has 10 heteroatoms. The zero-order valence-electron chi connectivity index (χ0n) is 12.7. The third-order valence-corrected chi connectivity index (χ3v) is 4.94. The lowest BCUT2D eigenvalue weighted by molar-refractivity contribution is -0.136. The Morgan fingerprint density at radius 1 is 1.12 bits per heavy atom. The summed E-state index contributed by atoms with van der Waals surface area (Å²) in [5.41, 5.74) is -1.83. The Morgan fingerprint density at radius 2 is 1.80 bits per heavy atom. The summed E-state index contributed by atoms with van der Waals surface area (Å²) in [6.45, 7) is 2.05. The van der Waals surface area contributed by atoms with Gasteiger partial charge in [-0.15, -0.1) is 0 Å². The van der Waals surface area contributed by atoms with Gasteiger partial charge >= 0.3 is 6.18 Å². The third kappa shape index (κ3) is 4.71. The molecule has 4 nitrogen and oxygen atoms in total. The van der Waals surface area contributed by atoms with Crippen LogP contribution >= 0.6 is 23.2 Å². The number of alkyl halides is 3. The minimum absolute atomic E-state index is 0.0249. The SMILES string of the molecule is CCOc1ccc(S(=O)(=O)Nc2ccc(Cl)cc2C(F)(F)F)cc1Cl. The lowest BCUT2D eigenvalue weighted by Crippen LogP contribution is -2.17. The van der Waals surface area contributed by atoms with Gasteiger partial charge in [0.15, 0.2) is 0 Å². The van der Waals surface area contributed by atoms with E-state index >= 15 is 0 Å². The second-order valence-corrected chi connectivity index (χ2v) is 7.34. The molecule has 0 aliphatic heterocycles. The molecular weight excluding hydrogens is 402 g/mol. The topological polar surface area (TPSA) is 55.4 Å². The fourth-order valence-corrected chi connectivity index (χ4v) is 3.54. The van der Waals surface area contributed by atoms with Gasteiger partial charge in [0, 0.05) is 5.02 Å². The molecule has 0 bridgehead atoms. The number of nitrogens with one attached hydrogen (secondary N) is 1. The minimum atomic E-state index is -4.78. The van der Waals surface area contributed by atoms with Crippen molar-refractivity contribution in [3.8, 4) is 5.75 Å². The summed E-state index contributed by atoms with van der Waals surface area (Å²) < 4.78 is 71.1. The maximum Gasteiger partial charge on any atom is 0.418 e. The van der Waals surface area contributed by atoms with Crippen LogP contribution in [0.4, 0.5) is 18.9 Å². The summed E-state index contributed by atoms with van der Waals surface area (Å²) >= 11 is 11.5. The first kappa shape index (κ1) is 19.7. The van der Waals surface area contributed by atoms with Crippen LogP contribution in [-0.2, 0) is 16.2 Å². The van der Waals surface area contributed by atoms with Crippen LogP contribution in [0.25, 0.3) is 0 Å². The Hall–Kier alpha value is -1.64. The quantitative estimate of drug-likeness (QED) is 0.731. The van der Waals surface area contributed by atoms with E-state index in [0.717, 1.165) is 18.2 Å². The van der Waals surface area contributed by atoms with Crippen molar-refractivity contribution in [2.75, 3.05) is 11.3 Å². The van der Waals surface area contributed by atoms with Gasteiger partial charge in [-0.1, -0.05) is 23.2 Å². The largest absolute Gasteiger partial charge is 0.492 e. The van der Waals surface area contributed by atoms with Gasteiger partial charge in [-0.3, -0.25) is 4.72 Å². The van der Waals surface area contributed by atoms with Gasteiger partial charge in [-0.25, -0.2) is 8.42 Å². The van der Waals surface area contributed by atoms with E-state index in [4.69, 9.17) is 27.9 Å². The summed E-state index contributed by atoms with van der Waals surface area (Å²) in [6.07, 6.45) is -4.78. The molecule has 2 aromatic rings. The molecule has 2 rings (SSSR count). The maximum atomic E-state index is 13.1. The lowest BCUT2D eigenvalue weighted by Gasteiger charge is -2.15. The maximum absolute atomic E-state index is 13.1. The summed E-state index contributed by atoms with van der Waals surface area (Å²) in [5, 5.41) is -0.142. The molecule has 1 N–H and O–H groups in total. The molecule has 0 radical (unpaired) electrons. The molecule has 0 aliphatic rings. The second kappa shape index (κ2) is 7.31. The van der Waals surface area contributed by atoms with Crippen LogP contribution in [0.5, 0.6) is 5.75 Å². The number of halogens is 5. The Bertz CT molecular complexity index is 886. The summed E-state index contributed by atoms with van der Waals surface area (Å²) in [7, 11) is -4.30. The van der Waals surface area contributed by atoms with Gasteiger partial charge in [0.2, 0.25) is 0 Å². The number of anilines is 1. The zero-order chi connectivity index (χ0) is 18.8. The fraction of sp³-hybridized carbons (Fsp3) is 0.200. The molecule has 0 heterocycles. The lowest BCUT2D eigenvalue weighted by atomic mass is 10.2. The number of sulfonamides is 1. The van der Waals surface area contributed by atoms with E-state index in [-0.39, 0.29) is 20.7 Å². The van der Waals surface area contributed by atoms with Crippen LogP contribution in [0.3, 0.4) is 0 Å². The molecule has 0 saturated heterocycles. The molecule has 0 saturated carbocycles. The molecule has 0 unspecified atom stereocenters. The van der Waals surface area contributed by atoms with Crippen LogP contribution < -0.4 is 9.46 Å². The number of ether oxygens (including phenoxy) is 1. The molecule has 0 fully saturated rings. The van der Waals surface area contributed by atoms with Gasteiger partial charge in [-0.2, -0.15) is 13.2 Å². The van der Waals surface area contributed by atoms with Crippen molar-refractivity contribution in [3.63, 3.8) is 0 Å². The summed E-state index contributed by atoms with van der Waals surface area (Å²) in [5.74, 6) is 0.269. The van der Waals surface area contributed by atoms with Crippen molar-refractivity contribution in [1.82, 2.24) is 0 Å². The van der Waals surface area contributed by atoms with Crippen molar-refractivity contribution in [1.29, 1.82) is 0 Å². The smallest absolute Gasteiger partial charge is 0.418 e. The monoisotopic (exact) mass is 413 g/mol. The van der Waals surface area contributed by atoms with Crippen molar-refractivity contribution in [3.05, 3.63) is 52.0 Å². The second-order valence-electron chi connectivity index (χ2n) is 4.82. The molecular formula is C15H12Cl2F3NO3S. The third-order valence-electron chi connectivity index (χ3n) is 3.04. The molecule has 0 atom stereocenters. The van der Waals surface area contributed by atoms with E-state index in [9.17, 15) is 21.6 Å². The van der Waals surface area contributed by atoms with Gasteiger partial charge in [0.1, 0.15) is 5.75 Å². The predicted octanol–water partition coefficient (Wildman–Crippen LogP) is 5.21. The average molecular weight is 414 g/mol. The molecule has 136 valence electrons. The molecule has 0 spiro atoms. The zero-order valence-corrected chi connectivity index (χ0v) is 15.0. The van der Waals surface area contributed by atoms with Gasteiger partial charge in [0.25, 0.3) is 10.0 Å². The highest BCUT2D eigenvalue weighted by atomic mass is 35.5. The van der Waals surface area contributed by atoms with Crippen molar-refractivity contribution in [2.24, 2.45) is 0 Å². The number of rotatable bonds is 5. The molecule has 0 aliphatic carbocycles. The van der Waals surface area contributed by atoms with Crippen LogP contribution in [-0.4, -0.2) is 15.0 Å². The van der Waals surface area contributed by atoms with E-state index in [0.29, 0.717) is 12.7 Å². The Kier molecular flexibility index (Phi) is 5.75. The van der Waals surface area contributed by atoms with Crippen LogP contribution in [0.2, 0.25) is 10.0 Å². The number of benzene rings is 2. The van der Waals surface area contributed by atoms with Gasteiger partial charge < -0.3 is 4.74 Å². The van der Waals surface area contributed by atoms with Crippen molar-refractivity contribution >= 4 is 38.9 Å². The highest BCUT2D eigenvalue weighted by Gasteiger charge is 2.35. The Morgan fingerprint density at radius 3 is 2.36 bits per heavy atom. The molecule has 25 heavy (non-hydrogen) atoms. The average Bonchev–Trinajstić information content (AvgIpc) is 2.50. The minimum Gasteiger partial charge on any atom is -0.492 e. The Balaban J connectivity index is 2.42. The summed E-state index contributed by atoms with van der Waals surface area (Å²) in [4.78, 5) is -0.302. The normalized spacial score (nSPS) is 12.1. The van der Waals surface area contributed by atoms with Crippen LogP contribution in [0, 0.1) is 0 Å². The first-order valence-electron chi connectivity index (χ1n) is 6.86. The Labute approximate surface area is 152 Å². The van der Waals surface area contributed by atoms with E-state index in [1.165, 1.54) is 12.1 Å². The van der Waals surface area contributed by atoms with E-state index < -0.39 is 27.5 Å². The first-order valence-corrected chi connectivity index (χ1v) is 9.10. The molecule has 0 amide bonds. The van der Waals surface area contributed by atoms with Crippen molar-refractivity contribution in [2.45, 2.75) is 18.0 Å². The highest BCUT2D eigenvalue weighted by molar-refractivity contribution is 7.92. The number of hydrogen-bond acceptors (Lipinski definition) is 3. The van der Waals surface area contributed by atoms with Crippen LogP contribution in [0.1, 0.15) is 12.5 Å². The van der Waals surface area contributed by atoms with Crippen LogP contribution in [0.15, 0.2) is 41.3 Å². The summed E-state index contributed by atoms with van der Waals surface area (Å²) in [6, 6.07) is 6.34. The highest BCUT2D eigenvalue weighted by Crippen LogP contribution is 2.37. The standard InChI is InChI=1S/C15H12Cl2F3NO3S/c1-2-24-14-6-4-10(8-12(14)17)25(22,23)21-13-5-3-9(16)7-11(13)15(18,19)20/h3-8,21H,2H2,1H3. The van der Waals surface area contributed by atoms with Gasteiger partial charge in [0.05, 0.1) is 27.8 Å². The molecule has 2 aromatic carbocycles. The first-order chi connectivity index (χ1) is 11.5. The van der Waals surface area contributed by atoms with Crippen molar-refractivity contribution < 1.29 is 26.3 Å². The van der Waals surface area contributed by atoms with Gasteiger partial charge in [-0.05, 0) is 43.3 Å². The predicted molar refractivity (Wildman–Crippen MR) is 89.9 cm³/mol. The van der Waals surface area contributed by atoms with E-state index in [2.05, 4.69) is 0 Å². The fourth-order valence-electron chi connectivity index (χ4n) is 1.96.